The molecule has 1 saturated heterocycles. The first-order valence-electron chi connectivity index (χ1n) is 9.94. The maximum absolute atomic E-state index is 13.0. The van der Waals surface area contributed by atoms with E-state index in [2.05, 4.69) is 12.2 Å². The van der Waals surface area contributed by atoms with E-state index < -0.39 is 0 Å². The minimum Gasteiger partial charge on any atom is -0.375 e. The number of nitrogens with zero attached hydrogens (tertiary/aromatic N) is 1. The molecule has 0 radical (unpaired) electrons. The summed E-state index contributed by atoms with van der Waals surface area (Å²) in [5.74, 6) is 0.444. The van der Waals surface area contributed by atoms with Gasteiger partial charge in [-0.25, -0.2) is 0 Å². The van der Waals surface area contributed by atoms with Crippen LogP contribution in [0.25, 0.3) is 0 Å². The van der Waals surface area contributed by atoms with E-state index in [1.165, 1.54) is 20.0 Å². The topological polar surface area (TPSA) is 67.9 Å². The molecule has 1 aliphatic heterocycles. The van der Waals surface area contributed by atoms with Crippen molar-refractivity contribution in [3.8, 4) is 0 Å². The van der Waals surface area contributed by atoms with Gasteiger partial charge in [-0.1, -0.05) is 19.8 Å². The van der Waals surface area contributed by atoms with E-state index in [-0.39, 0.29) is 30.6 Å². The van der Waals surface area contributed by atoms with Crippen molar-refractivity contribution in [1.82, 2.24) is 4.90 Å². The molecule has 0 aromatic heterocycles. The number of hydrogen-bond donors (Lipinski definition) is 1. The molecular formula is C21H30N2O4. The summed E-state index contributed by atoms with van der Waals surface area (Å²) >= 11 is 0. The molecule has 0 unspecified atom stereocenters. The molecule has 148 valence electrons. The molecule has 1 heterocycles. The highest BCUT2D eigenvalue weighted by Gasteiger charge is 2.39. The van der Waals surface area contributed by atoms with Gasteiger partial charge in [0.25, 0.3) is 5.91 Å². The minimum atomic E-state index is -0.212. The lowest BCUT2D eigenvalue weighted by molar-refractivity contribution is -0.119. The summed E-state index contributed by atoms with van der Waals surface area (Å²) in [5.41, 5.74) is 1.30. The van der Waals surface area contributed by atoms with Gasteiger partial charge >= 0.3 is 0 Å². The first kappa shape index (κ1) is 19.8. The van der Waals surface area contributed by atoms with Crippen molar-refractivity contribution in [2.75, 3.05) is 32.1 Å². The van der Waals surface area contributed by atoms with Crippen LogP contribution < -0.4 is 5.32 Å². The van der Waals surface area contributed by atoms with Crippen LogP contribution in [0.2, 0.25) is 0 Å². The number of unbranched alkanes of at least 4 members (excludes halogenated alkanes) is 1. The fourth-order valence-corrected chi connectivity index (χ4v) is 3.56. The van der Waals surface area contributed by atoms with E-state index in [9.17, 15) is 9.59 Å². The fourth-order valence-electron chi connectivity index (χ4n) is 3.56. The summed E-state index contributed by atoms with van der Waals surface area (Å²) in [4.78, 5) is 26.5. The Bertz CT molecular complexity index is 642. The highest BCUT2D eigenvalue weighted by Crippen LogP contribution is 2.37. The number of nitrogens with one attached hydrogen (secondary N) is 1. The normalized spacial score (nSPS) is 22.5. The number of amides is 2. The molecule has 0 bridgehead atoms. The Morgan fingerprint density at radius 1 is 1.22 bits per heavy atom. The average molecular weight is 374 g/mol. The van der Waals surface area contributed by atoms with Crippen LogP contribution in [-0.4, -0.2) is 55.7 Å². The third-order valence-electron chi connectivity index (χ3n) is 5.20. The molecule has 1 saturated carbocycles. The Kier molecular flexibility index (Phi) is 6.85. The number of carbonyl (C=O) groups excluding carboxylic acids is 2. The van der Waals surface area contributed by atoms with Gasteiger partial charge in [0.05, 0.1) is 12.2 Å². The van der Waals surface area contributed by atoms with E-state index in [4.69, 9.17) is 9.47 Å². The zero-order chi connectivity index (χ0) is 19.2. The van der Waals surface area contributed by atoms with Crippen LogP contribution in [-0.2, 0) is 14.3 Å². The molecule has 2 aliphatic rings. The summed E-state index contributed by atoms with van der Waals surface area (Å²) in [6.07, 6.45) is 6.01. The van der Waals surface area contributed by atoms with Gasteiger partial charge in [-0.3, -0.25) is 9.59 Å². The van der Waals surface area contributed by atoms with Crippen molar-refractivity contribution < 1.29 is 19.1 Å². The smallest absolute Gasteiger partial charge is 0.254 e. The Hall–Kier alpha value is -1.92. The number of rotatable bonds is 8. The number of hydrogen-bond acceptors (Lipinski definition) is 4. The molecule has 1 aromatic rings. The van der Waals surface area contributed by atoms with Gasteiger partial charge < -0.3 is 19.7 Å². The highest BCUT2D eigenvalue weighted by atomic mass is 16.5. The first-order chi connectivity index (χ1) is 13.1. The molecule has 1 aliphatic carbocycles. The van der Waals surface area contributed by atoms with Crippen LogP contribution in [0.5, 0.6) is 0 Å². The van der Waals surface area contributed by atoms with E-state index in [0.29, 0.717) is 30.3 Å². The second-order valence-corrected chi connectivity index (χ2v) is 7.54. The van der Waals surface area contributed by atoms with Crippen LogP contribution >= 0.6 is 0 Å². The summed E-state index contributed by atoms with van der Waals surface area (Å²) in [6, 6.07) is 7.06. The van der Waals surface area contributed by atoms with Crippen molar-refractivity contribution in [3.05, 3.63) is 29.8 Å². The maximum atomic E-state index is 13.0. The van der Waals surface area contributed by atoms with E-state index in [1.54, 1.807) is 24.3 Å². The average Bonchev–Trinajstić information content (AvgIpc) is 3.51. The Morgan fingerprint density at radius 2 is 1.96 bits per heavy atom. The molecule has 1 aromatic carbocycles. The number of morpholine rings is 1. The molecule has 3 rings (SSSR count). The number of methoxy groups -OCH3 is 1. The van der Waals surface area contributed by atoms with Gasteiger partial charge in [-0.15, -0.1) is 0 Å². The van der Waals surface area contributed by atoms with Gasteiger partial charge in [0.15, 0.2) is 0 Å². The van der Waals surface area contributed by atoms with Crippen LogP contribution in [0.15, 0.2) is 24.3 Å². The van der Waals surface area contributed by atoms with Crippen molar-refractivity contribution in [3.63, 3.8) is 0 Å². The summed E-state index contributed by atoms with van der Waals surface area (Å²) in [5, 5.41) is 2.74. The lowest BCUT2D eigenvalue weighted by Gasteiger charge is -2.38. The zero-order valence-electron chi connectivity index (χ0n) is 16.3. The molecule has 6 heteroatoms. The molecule has 1 N–H and O–H groups in total. The molecule has 27 heavy (non-hydrogen) atoms. The van der Waals surface area contributed by atoms with Crippen LogP contribution in [0.1, 0.15) is 49.4 Å². The second-order valence-electron chi connectivity index (χ2n) is 7.54. The second kappa shape index (κ2) is 9.33. The van der Waals surface area contributed by atoms with Crippen molar-refractivity contribution in [1.29, 1.82) is 0 Å². The van der Waals surface area contributed by atoms with Gasteiger partial charge in [0.2, 0.25) is 5.91 Å². The molecule has 2 fully saturated rings. The van der Waals surface area contributed by atoms with Gasteiger partial charge in [0.1, 0.15) is 6.61 Å². The van der Waals surface area contributed by atoms with Crippen molar-refractivity contribution in [2.24, 2.45) is 5.92 Å². The summed E-state index contributed by atoms with van der Waals surface area (Å²) in [6.45, 7) is 3.53. The maximum Gasteiger partial charge on any atom is 0.254 e. The van der Waals surface area contributed by atoms with E-state index >= 15 is 0 Å². The molecule has 2 amide bonds. The number of benzene rings is 1. The standard InChI is InChI=1S/C21H30N2O4/c1-3-4-5-18-12-23(13-19(27-18)15-6-7-15)21(25)16-8-10-17(11-9-16)22-20(24)14-26-2/h8-11,15,18-19H,3-7,12-14H2,1-2H3,(H,22,24)/t18-,19-/m1/s1. The quantitative estimate of drug-likeness (QED) is 0.759. The van der Waals surface area contributed by atoms with Crippen LogP contribution in [0, 0.1) is 5.92 Å². The molecule has 2 atom stereocenters. The molecular weight excluding hydrogens is 344 g/mol. The summed E-state index contributed by atoms with van der Waals surface area (Å²) in [7, 11) is 1.48. The van der Waals surface area contributed by atoms with E-state index in [1.807, 2.05) is 4.90 Å². The van der Waals surface area contributed by atoms with Gasteiger partial charge in [0, 0.05) is 31.5 Å². The summed E-state index contributed by atoms with van der Waals surface area (Å²) < 4.78 is 11.1. The molecule has 6 nitrogen and oxygen atoms in total. The first-order valence-corrected chi connectivity index (χ1v) is 9.94. The third kappa shape index (κ3) is 5.53. The van der Waals surface area contributed by atoms with Gasteiger partial charge in [-0.2, -0.15) is 0 Å². The number of carbonyl (C=O) groups is 2. The number of anilines is 1. The Morgan fingerprint density at radius 3 is 2.59 bits per heavy atom. The zero-order valence-corrected chi connectivity index (χ0v) is 16.3. The Balaban J connectivity index is 1.63. The van der Waals surface area contributed by atoms with Crippen LogP contribution in [0.4, 0.5) is 5.69 Å². The molecule has 0 spiro atoms. The lowest BCUT2D eigenvalue weighted by atomic mass is 10.1. The van der Waals surface area contributed by atoms with Crippen molar-refractivity contribution >= 4 is 17.5 Å². The monoisotopic (exact) mass is 374 g/mol. The SMILES string of the molecule is CCCC[C@@H]1CN(C(=O)c2ccc(NC(=O)COC)cc2)C[C@H](C2CC2)O1. The predicted molar refractivity (Wildman–Crippen MR) is 104 cm³/mol. The Labute approximate surface area is 161 Å². The largest absolute Gasteiger partial charge is 0.375 e. The van der Waals surface area contributed by atoms with E-state index in [0.717, 1.165) is 19.3 Å². The lowest BCUT2D eigenvalue weighted by Crippen LogP contribution is -2.50. The highest BCUT2D eigenvalue weighted by molar-refractivity contribution is 5.96. The fraction of sp³-hybridized carbons (Fsp3) is 0.619. The van der Waals surface area contributed by atoms with Gasteiger partial charge in [-0.05, 0) is 49.4 Å². The van der Waals surface area contributed by atoms with Crippen molar-refractivity contribution in [2.45, 2.75) is 51.2 Å². The minimum absolute atomic E-state index is 0.0101. The number of ether oxygens (including phenoxy) is 2. The van der Waals surface area contributed by atoms with Crippen LogP contribution in [0.3, 0.4) is 0 Å². The third-order valence-corrected chi connectivity index (χ3v) is 5.20. The predicted octanol–water partition coefficient (Wildman–Crippen LogP) is 3.08.